The first-order valence-electron chi connectivity index (χ1n) is 6.97. The lowest BCUT2D eigenvalue weighted by Crippen LogP contribution is -2.11. The Hall–Kier alpha value is -1.26. The molecule has 2 aromatic carbocycles. The normalized spacial score (nSPS) is 10.3. The van der Waals surface area contributed by atoms with E-state index in [4.69, 9.17) is 0 Å². The Morgan fingerprint density at radius 2 is 1.71 bits per heavy atom. The third kappa shape index (κ3) is 5.56. The Morgan fingerprint density at radius 1 is 1.00 bits per heavy atom. The lowest BCUT2D eigenvalue weighted by Gasteiger charge is -2.10. The molecule has 1 amide bonds. The summed E-state index contributed by atoms with van der Waals surface area (Å²) < 4.78 is 0. The fourth-order valence-electron chi connectivity index (χ4n) is 1.87. The Balaban J connectivity index is 2.01. The number of rotatable bonds is 7. The molecule has 0 radical (unpaired) electrons. The Morgan fingerprint density at radius 3 is 2.48 bits per heavy atom. The summed E-state index contributed by atoms with van der Waals surface area (Å²) in [5.74, 6) is 0.0806. The first kappa shape index (κ1) is 16.1. The molecule has 2 nitrogen and oxygen atoms in total. The Bertz CT molecular complexity index is 574. The molecular weight excluding hydrogens is 346 g/mol. The monoisotopic (exact) mass is 363 g/mol. The lowest BCUT2D eigenvalue weighted by atomic mass is 10.2. The number of nitrogens with one attached hydrogen (secondary N) is 1. The van der Waals surface area contributed by atoms with E-state index < -0.39 is 0 Å². The standard InChI is InChI=1S/C17H18BrNOS/c18-13-7-6-12-17(20)19-15-10-4-5-11-16(15)21-14-8-2-1-3-9-14/h1-5,8-11H,6-7,12-13H2,(H,19,20). The summed E-state index contributed by atoms with van der Waals surface area (Å²) in [5.41, 5.74) is 0.884. The van der Waals surface area contributed by atoms with Gasteiger partial charge in [-0.15, -0.1) is 0 Å². The van der Waals surface area contributed by atoms with Gasteiger partial charge < -0.3 is 5.32 Å². The molecule has 4 heteroatoms. The van der Waals surface area contributed by atoms with Gasteiger partial charge in [-0.2, -0.15) is 0 Å². The molecule has 1 N–H and O–H groups in total. The first-order valence-corrected chi connectivity index (χ1v) is 8.91. The van der Waals surface area contributed by atoms with E-state index >= 15 is 0 Å². The average molecular weight is 364 g/mol. The van der Waals surface area contributed by atoms with Gasteiger partial charge in [0.2, 0.25) is 5.91 Å². The smallest absolute Gasteiger partial charge is 0.224 e. The van der Waals surface area contributed by atoms with Crippen molar-refractivity contribution in [2.75, 3.05) is 10.6 Å². The molecule has 0 aromatic heterocycles. The number of halogens is 1. The van der Waals surface area contributed by atoms with Crippen LogP contribution < -0.4 is 5.32 Å². The second-order valence-electron chi connectivity index (χ2n) is 4.61. The number of anilines is 1. The number of hydrogen-bond donors (Lipinski definition) is 1. The summed E-state index contributed by atoms with van der Waals surface area (Å²) in [6, 6.07) is 18.1. The molecule has 0 spiro atoms. The summed E-state index contributed by atoms with van der Waals surface area (Å²) in [5, 5.41) is 3.96. The molecule has 2 aromatic rings. The van der Waals surface area contributed by atoms with Crippen LogP contribution in [0.15, 0.2) is 64.4 Å². The van der Waals surface area contributed by atoms with Gasteiger partial charge in [0.05, 0.1) is 5.69 Å². The number of alkyl halides is 1. The van der Waals surface area contributed by atoms with E-state index in [-0.39, 0.29) is 5.91 Å². The van der Waals surface area contributed by atoms with Gasteiger partial charge in [-0.05, 0) is 37.1 Å². The number of para-hydroxylation sites is 1. The molecular formula is C17H18BrNOS. The molecule has 21 heavy (non-hydrogen) atoms. The van der Waals surface area contributed by atoms with Crippen LogP contribution in [0.2, 0.25) is 0 Å². The van der Waals surface area contributed by atoms with E-state index in [1.807, 2.05) is 42.5 Å². The van der Waals surface area contributed by atoms with Gasteiger partial charge in [-0.1, -0.05) is 58.0 Å². The minimum atomic E-state index is 0.0806. The molecule has 2 rings (SSSR count). The van der Waals surface area contributed by atoms with Gasteiger partial charge >= 0.3 is 0 Å². The highest BCUT2D eigenvalue weighted by Crippen LogP contribution is 2.33. The molecule has 0 aliphatic heterocycles. The molecule has 110 valence electrons. The van der Waals surface area contributed by atoms with Crippen LogP contribution in [0.5, 0.6) is 0 Å². The highest BCUT2D eigenvalue weighted by Gasteiger charge is 2.07. The highest BCUT2D eigenvalue weighted by molar-refractivity contribution is 9.09. The van der Waals surface area contributed by atoms with Crippen molar-refractivity contribution in [1.29, 1.82) is 0 Å². The van der Waals surface area contributed by atoms with Gasteiger partial charge in [-0.25, -0.2) is 0 Å². The number of amides is 1. The predicted molar refractivity (Wildman–Crippen MR) is 93.3 cm³/mol. The number of unbranched alkanes of at least 4 members (excludes halogenated alkanes) is 1. The lowest BCUT2D eigenvalue weighted by molar-refractivity contribution is -0.116. The van der Waals surface area contributed by atoms with Crippen molar-refractivity contribution in [3.63, 3.8) is 0 Å². The van der Waals surface area contributed by atoms with Crippen LogP contribution >= 0.6 is 27.7 Å². The van der Waals surface area contributed by atoms with Crippen LogP contribution in [-0.4, -0.2) is 11.2 Å². The molecule has 0 atom stereocenters. The maximum absolute atomic E-state index is 12.0. The summed E-state index contributed by atoms with van der Waals surface area (Å²) in [6.45, 7) is 0. The number of benzene rings is 2. The van der Waals surface area contributed by atoms with Gasteiger partial charge in [0.15, 0.2) is 0 Å². The van der Waals surface area contributed by atoms with Crippen LogP contribution in [0.4, 0.5) is 5.69 Å². The quantitative estimate of drug-likeness (QED) is 0.531. The van der Waals surface area contributed by atoms with Crippen LogP contribution in [0, 0.1) is 0 Å². The molecule has 0 fully saturated rings. The molecule has 0 aliphatic rings. The van der Waals surface area contributed by atoms with Gasteiger partial charge in [-0.3, -0.25) is 4.79 Å². The second kappa shape index (κ2) is 8.90. The van der Waals surface area contributed by atoms with Crippen LogP contribution in [0.3, 0.4) is 0 Å². The van der Waals surface area contributed by atoms with E-state index in [0.29, 0.717) is 6.42 Å². The summed E-state index contributed by atoms with van der Waals surface area (Å²) >= 11 is 5.04. The van der Waals surface area contributed by atoms with Crippen molar-refractivity contribution in [2.45, 2.75) is 29.1 Å². The van der Waals surface area contributed by atoms with Crippen molar-refractivity contribution < 1.29 is 4.79 Å². The third-order valence-corrected chi connectivity index (χ3v) is 4.56. The third-order valence-electron chi connectivity index (χ3n) is 2.92. The molecule has 0 heterocycles. The van der Waals surface area contributed by atoms with Crippen molar-refractivity contribution in [2.24, 2.45) is 0 Å². The highest BCUT2D eigenvalue weighted by atomic mass is 79.9. The van der Waals surface area contributed by atoms with Crippen molar-refractivity contribution in [1.82, 2.24) is 0 Å². The Labute approximate surface area is 138 Å². The molecule has 0 saturated heterocycles. The van der Waals surface area contributed by atoms with Gasteiger partial charge in [0, 0.05) is 21.5 Å². The molecule has 0 bridgehead atoms. The van der Waals surface area contributed by atoms with E-state index in [2.05, 4.69) is 33.4 Å². The predicted octanol–water partition coefficient (Wildman–Crippen LogP) is 5.34. The molecule has 0 aliphatic carbocycles. The van der Waals surface area contributed by atoms with Gasteiger partial charge in [0.1, 0.15) is 0 Å². The van der Waals surface area contributed by atoms with E-state index in [9.17, 15) is 4.79 Å². The largest absolute Gasteiger partial charge is 0.325 e. The molecule has 0 unspecified atom stereocenters. The number of hydrogen-bond acceptors (Lipinski definition) is 2. The van der Waals surface area contributed by atoms with Crippen LogP contribution in [-0.2, 0) is 4.79 Å². The Kier molecular flexibility index (Phi) is 6.83. The van der Waals surface area contributed by atoms with E-state index in [1.54, 1.807) is 11.8 Å². The van der Waals surface area contributed by atoms with E-state index in [1.165, 1.54) is 4.90 Å². The minimum absolute atomic E-state index is 0.0806. The first-order chi connectivity index (χ1) is 10.3. The zero-order valence-corrected chi connectivity index (χ0v) is 14.1. The maximum Gasteiger partial charge on any atom is 0.224 e. The SMILES string of the molecule is O=C(CCCCBr)Nc1ccccc1Sc1ccccc1. The van der Waals surface area contributed by atoms with E-state index in [0.717, 1.165) is 28.8 Å². The molecule has 0 saturated carbocycles. The van der Waals surface area contributed by atoms with Crippen LogP contribution in [0.25, 0.3) is 0 Å². The number of carbonyl (C=O) groups is 1. The topological polar surface area (TPSA) is 29.1 Å². The minimum Gasteiger partial charge on any atom is -0.325 e. The summed E-state index contributed by atoms with van der Waals surface area (Å²) in [7, 11) is 0. The summed E-state index contributed by atoms with van der Waals surface area (Å²) in [4.78, 5) is 14.2. The van der Waals surface area contributed by atoms with Crippen LogP contribution in [0.1, 0.15) is 19.3 Å². The zero-order valence-electron chi connectivity index (χ0n) is 11.7. The average Bonchev–Trinajstić information content (AvgIpc) is 2.51. The summed E-state index contributed by atoms with van der Waals surface area (Å²) in [6.07, 6.45) is 2.49. The van der Waals surface area contributed by atoms with Crippen molar-refractivity contribution in [3.8, 4) is 0 Å². The fraction of sp³-hybridized carbons (Fsp3) is 0.235. The number of carbonyl (C=O) groups excluding carboxylic acids is 1. The maximum atomic E-state index is 12.0. The van der Waals surface area contributed by atoms with Gasteiger partial charge in [0.25, 0.3) is 0 Å². The zero-order chi connectivity index (χ0) is 14.9. The van der Waals surface area contributed by atoms with Crippen molar-refractivity contribution in [3.05, 3.63) is 54.6 Å². The second-order valence-corrected chi connectivity index (χ2v) is 6.51. The fourth-order valence-corrected chi connectivity index (χ4v) is 3.19. The van der Waals surface area contributed by atoms with Crippen molar-refractivity contribution >= 4 is 39.3 Å².